The maximum atomic E-state index is 12.9. The number of carbonyl (C=O) groups excluding carboxylic acids is 2. The van der Waals surface area contributed by atoms with E-state index in [9.17, 15) is 14.7 Å². The number of likely N-dealkylation sites (N-methyl/N-ethyl adjacent to an activating group) is 1. The molecule has 3 rings (SSSR count). The molecule has 0 aromatic heterocycles. The van der Waals surface area contributed by atoms with E-state index in [4.69, 9.17) is 0 Å². The molecule has 1 atom stereocenters. The standard InChI is InChI=1S/C23H26N2O3/c1-3-24(4-2)15-16-25-20(17-11-7-5-8-12-17)19(22(27)23(25)28)21(26)18-13-9-6-10-14-18/h5-14,20,26H,3-4,15-16H2,1-2H3/t20-/m1/s1. The number of aliphatic hydroxyl groups excluding tert-OH is 1. The van der Waals surface area contributed by atoms with Gasteiger partial charge in [-0.2, -0.15) is 0 Å². The van der Waals surface area contributed by atoms with Gasteiger partial charge >= 0.3 is 0 Å². The number of hydrogen-bond acceptors (Lipinski definition) is 4. The van der Waals surface area contributed by atoms with Crippen LogP contribution < -0.4 is 0 Å². The number of rotatable bonds is 7. The van der Waals surface area contributed by atoms with Gasteiger partial charge < -0.3 is 14.9 Å². The fourth-order valence-electron chi connectivity index (χ4n) is 3.63. The Balaban J connectivity index is 2.06. The molecule has 5 nitrogen and oxygen atoms in total. The maximum absolute atomic E-state index is 12.9. The maximum Gasteiger partial charge on any atom is 0.295 e. The van der Waals surface area contributed by atoms with E-state index < -0.39 is 17.7 Å². The van der Waals surface area contributed by atoms with Crippen molar-refractivity contribution in [2.45, 2.75) is 19.9 Å². The van der Waals surface area contributed by atoms with Crippen LogP contribution in [0.1, 0.15) is 31.0 Å². The monoisotopic (exact) mass is 378 g/mol. The van der Waals surface area contributed by atoms with Crippen molar-refractivity contribution in [3.8, 4) is 0 Å². The van der Waals surface area contributed by atoms with Crippen LogP contribution in [0, 0.1) is 0 Å². The van der Waals surface area contributed by atoms with Gasteiger partial charge in [0.15, 0.2) is 0 Å². The van der Waals surface area contributed by atoms with Crippen LogP contribution in [0.4, 0.5) is 0 Å². The zero-order valence-electron chi connectivity index (χ0n) is 16.3. The van der Waals surface area contributed by atoms with Crippen LogP contribution in [0.5, 0.6) is 0 Å². The normalized spacial score (nSPS) is 18.8. The van der Waals surface area contributed by atoms with Crippen molar-refractivity contribution in [3.05, 3.63) is 77.4 Å². The summed E-state index contributed by atoms with van der Waals surface area (Å²) in [6.07, 6.45) is 0. The average Bonchev–Trinajstić information content (AvgIpc) is 3.00. The molecule has 0 saturated carbocycles. The first-order valence-electron chi connectivity index (χ1n) is 9.69. The van der Waals surface area contributed by atoms with Gasteiger partial charge in [0.1, 0.15) is 5.76 Å². The SMILES string of the molecule is CCN(CC)CCN1C(=O)C(=O)C(=C(O)c2ccccc2)[C@H]1c1ccccc1. The Hall–Kier alpha value is -2.92. The lowest BCUT2D eigenvalue weighted by molar-refractivity contribution is -0.140. The van der Waals surface area contributed by atoms with E-state index in [0.29, 0.717) is 18.7 Å². The highest BCUT2D eigenvalue weighted by atomic mass is 16.3. The number of likely N-dealkylation sites (tertiary alicyclic amines) is 1. The van der Waals surface area contributed by atoms with E-state index in [1.165, 1.54) is 0 Å². The molecule has 0 radical (unpaired) electrons. The zero-order valence-corrected chi connectivity index (χ0v) is 16.3. The van der Waals surface area contributed by atoms with E-state index in [1.807, 2.05) is 36.4 Å². The Labute approximate surface area is 165 Å². The fourth-order valence-corrected chi connectivity index (χ4v) is 3.63. The lowest BCUT2D eigenvalue weighted by Gasteiger charge is -2.28. The number of carbonyl (C=O) groups is 2. The molecule has 1 heterocycles. The summed E-state index contributed by atoms with van der Waals surface area (Å²) >= 11 is 0. The summed E-state index contributed by atoms with van der Waals surface area (Å²) in [6, 6.07) is 17.7. The molecule has 0 aliphatic carbocycles. The molecular weight excluding hydrogens is 352 g/mol. The number of aliphatic hydroxyl groups is 1. The summed E-state index contributed by atoms with van der Waals surface area (Å²) in [5.74, 6) is -1.31. The summed E-state index contributed by atoms with van der Waals surface area (Å²) in [6.45, 7) is 7.00. The summed E-state index contributed by atoms with van der Waals surface area (Å²) in [4.78, 5) is 29.5. The van der Waals surface area contributed by atoms with Crippen molar-refractivity contribution >= 4 is 17.4 Å². The smallest absolute Gasteiger partial charge is 0.295 e. The van der Waals surface area contributed by atoms with Crippen LogP contribution in [-0.2, 0) is 9.59 Å². The number of amides is 1. The molecule has 5 heteroatoms. The van der Waals surface area contributed by atoms with Gasteiger partial charge in [-0.3, -0.25) is 9.59 Å². The Morgan fingerprint density at radius 1 is 0.964 bits per heavy atom. The summed E-state index contributed by atoms with van der Waals surface area (Å²) in [5, 5.41) is 10.9. The van der Waals surface area contributed by atoms with Gasteiger partial charge in [-0.05, 0) is 18.7 Å². The van der Waals surface area contributed by atoms with Crippen LogP contribution in [0.25, 0.3) is 5.76 Å². The van der Waals surface area contributed by atoms with Gasteiger partial charge in [-0.25, -0.2) is 0 Å². The Kier molecular flexibility index (Phi) is 6.26. The van der Waals surface area contributed by atoms with E-state index in [-0.39, 0.29) is 11.3 Å². The molecule has 0 bridgehead atoms. The molecule has 28 heavy (non-hydrogen) atoms. The third kappa shape index (κ3) is 3.85. The second kappa shape index (κ2) is 8.85. The highest BCUT2D eigenvalue weighted by molar-refractivity contribution is 6.46. The van der Waals surface area contributed by atoms with Gasteiger partial charge in [0, 0.05) is 18.7 Å². The number of ketones is 1. The highest BCUT2D eigenvalue weighted by Gasteiger charge is 2.45. The molecule has 0 unspecified atom stereocenters. The first kappa shape index (κ1) is 19.8. The molecule has 1 fully saturated rings. The molecule has 1 saturated heterocycles. The second-order valence-corrected chi connectivity index (χ2v) is 6.80. The molecule has 2 aromatic rings. The summed E-state index contributed by atoms with van der Waals surface area (Å²) in [5.41, 5.74) is 1.51. The minimum atomic E-state index is -0.630. The van der Waals surface area contributed by atoms with E-state index in [2.05, 4.69) is 18.7 Å². The van der Waals surface area contributed by atoms with Crippen LogP contribution in [-0.4, -0.2) is 52.8 Å². The van der Waals surface area contributed by atoms with Crippen LogP contribution in [0.15, 0.2) is 66.2 Å². The average molecular weight is 378 g/mol. The van der Waals surface area contributed by atoms with Crippen molar-refractivity contribution in [2.75, 3.05) is 26.2 Å². The lowest BCUT2D eigenvalue weighted by Crippen LogP contribution is -2.38. The van der Waals surface area contributed by atoms with Gasteiger partial charge in [-0.15, -0.1) is 0 Å². The van der Waals surface area contributed by atoms with Crippen molar-refractivity contribution in [1.82, 2.24) is 9.80 Å². The fraction of sp³-hybridized carbons (Fsp3) is 0.304. The molecule has 146 valence electrons. The molecule has 1 N–H and O–H groups in total. The van der Waals surface area contributed by atoms with Crippen molar-refractivity contribution in [2.24, 2.45) is 0 Å². The van der Waals surface area contributed by atoms with Crippen molar-refractivity contribution in [3.63, 3.8) is 0 Å². The number of hydrogen-bond donors (Lipinski definition) is 1. The first-order valence-corrected chi connectivity index (χ1v) is 9.69. The molecule has 1 amide bonds. The number of nitrogens with zero attached hydrogens (tertiary/aromatic N) is 2. The van der Waals surface area contributed by atoms with Crippen molar-refractivity contribution < 1.29 is 14.7 Å². The van der Waals surface area contributed by atoms with Gasteiger partial charge in [0.25, 0.3) is 11.7 Å². The quantitative estimate of drug-likeness (QED) is 0.455. The van der Waals surface area contributed by atoms with Gasteiger partial charge in [0.05, 0.1) is 11.6 Å². The summed E-state index contributed by atoms with van der Waals surface area (Å²) < 4.78 is 0. The number of Topliss-reactive ketones (excluding diaryl/α,β-unsaturated/α-hetero) is 1. The Morgan fingerprint density at radius 3 is 2.11 bits per heavy atom. The van der Waals surface area contributed by atoms with E-state index in [1.54, 1.807) is 29.2 Å². The molecule has 1 aliphatic heterocycles. The molecular formula is C23H26N2O3. The predicted octanol–water partition coefficient (Wildman–Crippen LogP) is 3.45. The van der Waals surface area contributed by atoms with Crippen LogP contribution in [0.2, 0.25) is 0 Å². The van der Waals surface area contributed by atoms with Gasteiger partial charge in [-0.1, -0.05) is 74.5 Å². The van der Waals surface area contributed by atoms with E-state index in [0.717, 1.165) is 18.7 Å². The van der Waals surface area contributed by atoms with Crippen LogP contribution in [0.3, 0.4) is 0 Å². The second-order valence-electron chi connectivity index (χ2n) is 6.80. The molecule has 0 spiro atoms. The highest BCUT2D eigenvalue weighted by Crippen LogP contribution is 2.39. The lowest BCUT2D eigenvalue weighted by atomic mass is 9.95. The zero-order chi connectivity index (χ0) is 20.1. The van der Waals surface area contributed by atoms with Crippen molar-refractivity contribution in [1.29, 1.82) is 0 Å². The minimum absolute atomic E-state index is 0.127. The topological polar surface area (TPSA) is 60.9 Å². The first-order chi connectivity index (χ1) is 13.6. The molecule has 1 aliphatic rings. The third-order valence-electron chi connectivity index (χ3n) is 5.25. The largest absolute Gasteiger partial charge is 0.507 e. The third-order valence-corrected chi connectivity index (χ3v) is 5.25. The van der Waals surface area contributed by atoms with Crippen LogP contribution >= 0.6 is 0 Å². The van der Waals surface area contributed by atoms with Gasteiger partial charge in [0.2, 0.25) is 0 Å². The summed E-state index contributed by atoms with van der Waals surface area (Å²) in [7, 11) is 0. The minimum Gasteiger partial charge on any atom is -0.507 e. The predicted molar refractivity (Wildman–Crippen MR) is 110 cm³/mol. The number of benzene rings is 2. The Morgan fingerprint density at radius 2 is 1.54 bits per heavy atom. The Bertz CT molecular complexity index is 858. The molecule has 2 aromatic carbocycles. The van der Waals surface area contributed by atoms with E-state index >= 15 is 0 Å².